The zero-order valence-electron chi connectivity index (χ0n) is 13.9. The molecule has 0 unspecified atom stereocenters. The van der Waals surface area contributed by atoms with E-state index in [-0.39, 0.29) is 5.82 Å². The van der Waals surface area contributed by atoms with Crippen molar-refractivity contribution in [3.8, 4) is 0 Å². The van der Waals surface area contributed by atoms with Crippen LogP contribution in [0, 0.1) is 5.82 Å². The van der Waals surface area contributed by atoms with E-state index in [1.807, 2.05) is 6.07 Å². The van der Waals surface area contributed by atoms with Crippen molar-refractivity contribution < 1.29 is 4.39 Å². The maximum Gasteiger partial charge on any atom is 0.191 e. The Morgan fingerprint density at radius 3 is 3.04 bits per heavy atom. The maximum atomic E-state index is 13.2. The summed E-state index contributed by atoms with van der Waals surface area (Å²) in [5.41, 5.74) is 0.962. The van der Waals surface area contributed by atoms with Crippen LogP contribution in [0.15, 0.2) is 29.3 Å². The third-order valence-electron chi connectivity index (χ3n) is 4.17. The van der Waals surface area contributed by atoms with Crippen molar-refractivity contribution in [1.29, 1.82) is 0 Å². The Hall–Kier alpha value is -2.44. The molecule has 0 saturated heterocycles. The molecule has 0 radical (unpaired) electrons. The molecular formula is C17H23FN6. The predicted molar refractivity (Wildman–Crippen MR) is 91.3 cm³/mol. The summed E-state index contributed by atoms with van der Waals surface area (Å²) in [6, 6.07) is 6.66. The van der Waals surface area contributed by atoms with Gasteiger partial charge in [0.2, 0.25) is 0 Å². The minimum Gasteiger partial charge on any atom is -0.356 e. The standard InChI is InChI=1S/C17H23FN6/c1-19-17(20-9-8-13-5-4-6-14(18)11-13)21-12-16-23-22-15-7-2-3-10-24(15)16/h4-6,11H,2-3,7-10,12H2,1H3,(H2,19,20,21). The normalized spacial score (nSPS) is 14.3. The van der Waals surface area contributed by atoms with Crippen LogP contribution in [0.25, 0.3) is 0 Å². The van der Waals surface area contributed by atoms with E-state index in [2.05, 4.69) is 30.4 Å². The molecule has 0 spiro atoms. The van der Waals surface area contributed by atoms with E-state index >= 15 is 0 Å². The quantitative estimate of drug-likeness (QED) is 0.646. The molecule has 0 aliphatic carbocycles. The Balaban J connectivity index is 1.48. The molecule has 2 heterocycles. The molecule has 2 aromatic rings. The third kappa shape index (κ3) is 4.10. The van der Waals surface area contributed by atoms with Crippen molar-refractivity contribution in [3.05, 3.63) is 47.3 Å². The van der Waals surface area contributed by atoms with Crippen molar-refractivity contribution in [2.45, 2.75) is 38.8 Å². The van der Waals surface area contributed by atoms with Crippen molar-refractivity contribution in [1.82, 2.24) is 25.4 Å². The van der Waals surface area contributed by atoms with Crippen LogP contribution in [0.2, 0.25) is 0 Å². The molecule has 2 N–H and O–H groups in total. The number of benzene rings is 1. The lowest BCUT2D eigenvalue weighted by Crippen LogP contribution is -2.38. The summed E-state index contributed by atoms with van der Waals surface area (Å²) >= 11 is 0. The first-order chi connectivity index (χ1) is 11.8. The molecule has 1 aromatic carbocycles. The summed E-state index contributed by atoms with van der Waals surface area (Å²) in [5.74, 6) is 2.52. The lowest BCUT2D eigenvalue weighted by molar-refractivity contribution is 0.504. The number of aryl methyl sites for hydroxylation is 1. The highest BCUT2D eigenvalue weighted by Crippen LogP contribution is 2.13. The van der Waals surface area contributed by atoms with E-state index in [1.165, 1.54) is 18.9 Å². The van der Waals surface area contributed by atoms with Crippen LogP contribution in [0.1, 0.15) is 30.1 Å². The zero-order valence-corrected chi connectivity index (χ0v) is 13.9. The number of nitrogens with one attached hydrogen (secondary N) is 2. The van der Waals surface area contributed by atoms with E-state index in [9.17, 15) is 4.39 Å². The second-order valence-electron chi connectivity index (χ2n) is 5.87. The number of guanidine groups is 1. The van der Waals surface area contributed by atoms with Crippen LogP contribution in [0.3, 0.4) is 0 Å². The SMILES string of the molecule is CN=C(NCCc1cccc(F)c1)NCc1nnc2n1CCCC2. The van der Waals surface area contributed by atoms with Gasteiger partial charge in [0.15, 0.2) is 11.8 Å². The first kappa shape index (κ1) is 16.4. The second-order valence-corrected chi connectivity index (χ2v) is 5.87. The lowest BCUT2D eigenvalue weighted by Gasteiger charge is -2.16. The average Bonchev–Trinajstić information content (AvgIpc) is 3.01. The molecule has 0 fully saturated rings. The molecule has 128 valence electrons. The highest BCUT2D eigenvalue weighted by Gasteiger charge is 2.15. The smallest absolute Gasteiger partial charge is 0.191 e. The summed E-state index contributed by atoms with van der Waals surface area (Å²) in [6.07, 6.45) is 4.11. The van der Waals surface area contributed by atoms with Gasteiger partial charge >= 0.3 is 0 Å². The Kier molecular flexibility index (Phi) is 5.40. The van der Waals surface area contributed by atoms with Gasteiger partial charge in [-0.15, -0.1) is 10.2 Å². The van der Waals surface area contributed by atoms with E-state index in [0.717, 1.165) is 36.6 Å². The van der Waals surface area contributed by atoms with Gasteiger partial charge in [0.1, 0.15) is 11.6 Å². The number of hydrogen-bond acceptors (Lipinski definition) is 3. The first-order valence-corrected chi connectivity index (χ1v) is 8.36. The Morgan fingerprint density at radius 1 is 1.29 bits per heavy atom. The lowest BCUT2D eigenvalue weighted by atomic mass is 10.1. The third-order valence-corrected chi connectivity index (χ3v) is 4.17. The van der Waals surface area contributed by atoms with Gasteiger partial charge < -0.3 is 15.2 Å². The summed E-state index contributed by atoms with van der Waals surface area (Å²) in [5, 5.41) is 15.0. The summed E-state index contributed by atoms with van der Waals surface area (Å²) in [6.45, 7) is 2.26. The molecule has 24 heavy (non-hydrogen) atoms. The van der Waals surface area contributed by atoms with Crippen LogP contribution in [-0.4, -0.2) is 34.3 Å². The van der Waals surface area contributed by atoms with Gasteiger partial charge in [-0.25, -0.2) is 4.39 Å². The molecule has 7 heteroatoms. The Labute approximate surface area is 141 Å². The molecule has 1 aliphatic rings. The van der Waals surface area contributed by atoms with Crippen molar-refractivity contribution in [3.63, 3.8) is 0 Å². The molecule has 0 bridgehead atoms. The van der Waals surface area contributed by atoms with E-state index in [4.69, 9.17) is 0 Å². The average molecular weight is 330 g/mol. The Morgan fingerprint density at radius 2 is 2.21 bits per heavy atom. The summed E-state index contributed by atoms with van der Waals surface area (Å²) < 4.78 is 15.4. The molecule has 1 aromatic heterocycles. The van der Waals surface area contributed by atoms with Crippen LogP contribution in [-0.2, 0) is 25.9 Å². The van der Waals surface area contributed by atoms with Crippen molar-refractivity contribution >= 4 is 5.96 Å². The van der Waals surface area contributed by atoms with Crippen LogP contribution in [0.4, 0.5) is 4.39 Å². The molecule has 3 rings (SSSR count). The molecule has 0 saturated carbocycles. The number of fused-ring (bicyclic) bond motifs is 1. The van der Waals surface area contributed by atoms with E-state index < -0.39 is 0 Å². The molecule has 0 amide bonds. The zero-order chi connectivity index (χ0) is 16.8. The van der Waals surface area contributed by atoms with E-state index in [1.54, 1.807) is 19.2 Å². The number of nitrogens with zero attached hydrogens (tertiary/aromatic N) is 4. The fourth-order valence-corrected chi connectivity index (χ4v) is 2.90. The van der Waals surface area contributed by atoms with Gasteiger partial charge in [0.25, 0.3) is 0 Å². The molecular weight excluding hydrogens is 307 g/mol. The highest BCUT2D eigenvalue weighted by atomic mass is 19.1. The number of halogens is 1. The minimum absolute atomic E-state index is 0.202. The van der Waals surface area contributed by atoms with Gasteiger partial charge in [-0.1, -0.05) is 12.1 Å². The molecule has 0 atom stereocenters. The second kappa shape index (κ2) is 7.90. The fraction of sp³-hybridized carbons (Fsp3) is 0.471. The van der Waals surface area contributed by atoms with Crippen LogP contribution >= 0.6 is 0 Å². The predicted octanol–water partition coefficient (Wildman–Crippen LogP) is 1.66. The first-order valence-electron chi connectivity index (χ1n) is 8.36. The van der Waals surface area contributed by atoms with Crippen LogP contribution < -0.4 is 10.6 Å². The number of aliphatic imine (C=N–C) groups is 1. The molecule has 6 nitrogen and oxygen atoms in total. The van der Waals surface area contributed by atoms with Crippen molar-refractivity contribution in [2.75, 3.05) is 13.6 Å². The van der Waals surface area contributed by atoms with Crippen LogP contribution in [0.5, 0.6) is 0 Å². The van der Waals surface area contributed by atoms with E-state index in [0.29, 0.717) is 19.0 Å². The van der Waals surface area contributed by atoms with Gasteiger partial charge in [-0.3, -0.25) is 4.99 Å². The summed E-state index contributed by atoms with van der Waals surface area (Å²) in [4.78, 5) is 4.21. The number of aromatic nitrogens is 3. The molecule has 1 aliphatic heterocycles. The monoisotopic (exact) mass is 330 g/mol. The number of hydrogen-bond donors (Lipinski definition) is 2. The Bertz CT molecular complexity index is 709. The minimum atomic E-state index is -0.202. The fourth-order valence-electron chi connectivity index (χ4n) is 2.90. The maximum absolute atomic E-state index is 13.2. The topological polar surface area (TPSA) is 67.1 Å². The van der Waals surface area contributed by atoms with Gasteiger partial charge in [0, 0.05) is 26.6 Å². The number of rotatable bonds is 5. The highest BCUT2D eigenvalue weighted by molar-refractivity contribution is 5.79. The van der Waals surface area contributed by atoms with Crippen molar-refractivity contribution in [2.24, 2.45) is 4.99 Å². The van der Waals surface area contributed by atoms with Gasteiger partial charge in [0.05, 0.1) is 6.54 Å². The van der Waals surface area contributed by atoms with Gasteiger partial charge in [-0.2, -0.15) is 0 Å². The van der Waals surface area contributed by atoms with Gasteiger partial charge in [-0.05, 0) is 37.0 Å². The summed E-state index contributed by atoms with van der Waals surface area (Å²) in [7, 11) is 1.73. The largest absolute Gasteiger partial charge is 0.356 e.